The van der Waals surface area contributed by atoms with Gasteiger partial charge in [0.2, 0.25) is 0 Å². The lowest BCUT2D eigenvalue weighted by atomic mass is 10.1. The summed E-state index contributed by atoms with van der Waals surface area (Å²) in [4.78, 5) is 2.39. The van der Waals surface area contributed by atoms with Gasteiger partial charge in [-0.2, -0.15) is 0 Å². The number of piperidine rings is 1. The standard InChI is InChI=1S/C17H26N2O2/c1-13-6-7-15(21-13)12-20-17-5-3-2-4-16(17)19-10-8-14(18)9-11-19/h2-5,13-15H,6-12,18H2,1H3. The number of anilines is 1. The van der Waals surface area contributed by atoms with Crippen LogP contribution in [0.4, 0.5) is 5.69 Å². The smallest absolute Gasteiger partial charge is 0.142 e. The molecule has 0 aliphatic carbocycles. The Hall–Kier alpha value is -1.26. The van der Waals surface area contributed by atoms with Gasteiger partial charge in [0.25, 0.3) is 0 Å². The molecule has 2 unspecified atom stereocenters. The van der Waals surface area contributed by atoms with Gasteiger partial charge in [-0.1, -0.05) is 12.1 Å². The van der Waals surface area contributed by atoms with Gasteiger partial charge in [0.1, 0.15) is 12.4 Å². The predicted octanol–water partition coefficient (Wildman–Crippen LogP) is 2.56. The van der Waals surface area contributed by atoms with Crippen molar-refractivity contribution in [2.45, 2.75) is 50.9 Å². The Balaban J connectivity index is 1.62. The Labute approximate surface area is 127 Å². The maximum Gasteiger partial charge on any atom is 0.142 e. The maximum atomic E-state index is 6.05. The first kappa shape index (κ1) is 14.7. The van der Waals surface area contributed by atoms with Crippen LogP contribution in [0, 0.1) is 0 Å². The van der Waals surface area contributed by atoms with Crippen LogP contribution in [0.15, 0.2) is 24.3 Å². The Morgan fingerprint density at radius 3 is 2.67 bits per heavy atom. The molecule has 2 N–H and O–H groups in total. The zero-order valence-electron chi connectivity index (χ0n) is 12.8. The lowest BCUT2D eigenvalue weighted by molar-refractivity contribution is 0.0265. The lowest BCUT2D eigenvalue weighted by Crippen LogP contribution is -2.39. The molecule has 1 aromatic carbocycles. The van der Waals surface area contributed by atoms with Gasteiger partial charge in [-0.15, -0.1) is 0 Å². The van der Waals surface area contributed by atoms with Crippen molar-refractivity contribution in [2.75, 3.05) is 24.6 Å². The van der Waals surface area contributed by atoms with Crippen molar-refractivity contribution in [1.29, 1.82) is 0 Å². The number of nitrogens with two attached hydrogens (primary N) is 1. The molecule has 4 heteroatoms. The van der Waals surface area contributed by atoms with Gasteiger partial charge in [-0.3, -0.25) is 0 Å². The Morgan fingerprint density at radius 1 is 1.19 bits per heavy atom. The molecule has 2 fully saturated rings. The van der Waals surface area contributed by atoms with Crippen LogP contribution in [0.2, 0.25) is 0 Å². The second-order valence-electron chi connectivity index (χ2n) is 6.25. The minimum atomic E-state index is 0.239. The number of hydrogen-bond donors (Lipinski definition) is 1. The number of ether oxygens (including phenoxy) is 2. The summed E-state index contributed by atoms with van der Waals surface area (Å²) < 4.78 is 11.9. The van der Waals surface area contributed by atoms with Gasteiger partial charge >= 0.3 is 0 Å². The van der Waals surface area contributed by atoms with Gasteiger partial charge in [-0.25, -0.2) is 0 Å². The maximum absolute atomic E-state index is 6.05. The molecule has 0 aromatic heterocycles. The molecule has 3 rings (SSSR count). The molecule has 1 aromatic rings. The largest absolute Gasteiger partial charge is 0.489 e. The Kier molecular flexibility index (Phi) is 4.66. The summed E-state index contributed by atoms with van der Waals surface area (Å²) in [5, 5.41) is 0. The normalized spacial score (nSPS) is 27.0. The quantitative estimate of drug-likeness (QED) is 0.926. The van der Waals surface area contributed by atoms with E-state index in [9.17, 15) is 0 Å². The second kappa shape index (κ2) is 6.67. The van der Waals surface area contributed by atoms with E-state index < -0.39 is 0 Å². The first-order valence-corrected chi connectivity index (χ1v) is 8.10. The summed E-state index contributed by atoms with van der Waals surface area (Å²) in [6.07, 6.45) is 4.96. The Bertz CT molecular complexity index is 458. The van der Waals surface area contributed by atoms with E-state index >= 15 is 0 Å². The highest BCUT2D eigenvalue weighted by Gasteiger charge is 2.23. The molecule has 116 valence electrons. The summed E-state index contributed by atoms with van der Waals surface area (Å²) in [6, 6.07) is 8.66. The van der Waals surface area contributed by atoms with Crippen molar-refractivity contribution in [2.24, 2.45) is 5.73 Å². The van der Waals surface area contributed by atoms with E-state index in [1.807, 2.05) is 6.07 Å². The fourth-order valence-corrected chi connectivity index (χ4v) is 3.17. The zero-order chi connectivity index (χ0) is 14.7. The van der Waals surface area contributed by atoms with Crippen LogP contribution >= 0.6 is 0 Å². The topological polar surface area (TPSA) is 47.7 Å². The van der Waals surface area contributed by atoms with Gasteiger partial charge in [-0.05, 0) is 44.7 Å². The van der Waals surface area contributed by atoms with Crippen LogP contribution < -0.4 is 15.4 Å². The van der Waals surface area contributed by atoms with Crippen molar-refractivity contribution in [3.8, 4) is 5.75 Å². The lowest BCUT2D eigenvalue weighted by Gasteiger charge is -2.33. The molecular weight excluding hydrogens is 264 g/mol. The highest BCUT2D eigenvalue weighted by atomic mass is 16.5. The summed E-state index contributed by atoms with van der Waals surface area (Å²) in [7, 11) is 0. The van der Waals surface area contributed by atoms with Crippen molar-refractivity contribution >= 4 is 5.69 Å². The fraction of sp³-hybridized carbons (Fsp3) is 0.647. The molecule has 2 aliphatic heterocycles. The highest BCUT2D eigenvalue weighted by molar-refractivity contribution is 5.58. The summed E-state index contributed by atoms with van der Waals surface area (Å²) in [6.45, 7) is 4.80. The molecule has 0 spiro atoms. The molecule has 2 heterocycles. The average molecular weight is 290 g/mol. The third-order valence-corrected chi connectivity index (χ3v) is 4.49. The fourth-order valence-electron chi connectivity index (χ4n) is 3.17. The number of rotatable bonds is 4. The Morgan fingerprint density at radius 2 is 1.95 bits per heavy atom. The molecule has 0 saturated carbocycles. The second-order valence-corrected chi connectivity index (χ2v) is 6.25. The molecular formula is C17H26N2O2. The van der Waals surface area contributed by atoms with Crippen molar-refractivity contribution < 1.29 is 9.47 Å². The number of benzene rings is 1. The summed E-state index contributed by atoms with van der Waals surface area (Å²) in [5.74, 6) is 0.969. The van der Waals surface area contributed by atoms with Crippen LogP contribution in [0.1, 0.15) is 32.6 Å². The zero-order valence-corrected chi connectivity index (χ0v) is 12.8. The van der Waals surface area contributed by atoms with E-state index in [-0.39, 0.29) is 6.10 Å². The van der Waals surface area contributed by atoms with Crippen molar-refractivity contribution in [3.63, 3.8) is 0 Å². The van der Waals surface area contributed by atoms with Crippen LogP contribution in [0.25, 0.3) is 0 Å². The first-order chi connectivity index (χ1) is 10.2. The van der Waals surface area contributed by atoms with Crippen molar-refractivity contribution in [3.05, 3.63) is 24.3 Å². The predicted molar refractivity (Wildman–Crippen MR) is 84.9 cm³/mol. The SMILES string of the molecule is CC1CCC(COc2ccccc2N2CCC(N)CC2)O1. The molecule has 0 radical (unpaired) electrons. The van der Waals surface area contributed by atoms with Crippen LogP contribution in [0.3, 0.4) is 0 Å². The molecule has 4 nitrogen and oxygen atoms in total. The van der Waals surface area contributed by atoms with E-state index in [1.165, 1.54) is 5.69 Å². The van der Waals surface area contributed by atoms with Crippen LogP contribution in [-0.2, 0) is 4.74 Å². The monoisotopic (exact) mass is 290 g/mol. The average Bonchev–Trinajstić information content (AvgIpc) is 2.92. The minimum absolute atomic E-state index is 0.239. The van der Waals surface area contributed by atoms with Gasteiger partial charge in [0.05, 0.1) is 17.9 Å². The van der Waals surface area contributed by atoms with E-state index in [1.54, 1.807) is 0 Å². The van der Waals surface area contributed by atoms with Gasteiger partial charge in [0, 0.05) is 19.1 Å². The highest BCUT2D eigenvalue weighted by Crippen LogP contribution is 2.31. The minimum Gasteiger partial charge on any atom is -0.489 e. The number of nitrogens with zero attached hydrogens (tertiary/aromatic N) is 1. The van der Waals surface area contributed by atoms with E-state index in [4.69, 9.17) is 15.2 Å². The van der Waals surface area contributed by atoms with Gasteiger partial charge in [0.15, 0.2) is 0 Å². The van der Waals surface area contributed by atoms with Crippen LogP contribution in [0.5, 0.6) is 5.75 Å². The first-order valence-electron chi connectivity index (χ1n) is 8.10. The van der Waals surface area contributed by atoms with Gasteiger partial charge < -0.3 is 20.1 Å². The van der Waals surface area contributed by atoms with Crippen molar-refractivity contribution in [1.82, 2.24) is 0 Å². The third-order valence-electron chi connectivity index (χ3n) is 4.49. The third kappa shape index (κ3) is 3.69. The van der Waals surface area contributed by atoms with E-state index in [0.29, 0.717) is 18.8 Å². The summed E-state index contributed by atoms with van der Waals surface area (Å²) in [5.41, 5.74) is 7.18. The molecule has 2 aliphatic rings. The van der Waals surface area contributed by atoms with E-state index in [0.717, 1.165) is 44.5 Å². The van der Waals surface area contributed by atoms with E-state index in [2.05, 4.69) is 30.0 Å². The molecule has 0 bridgehead atoms. The molecule has 21 heavy (non-hydrogen) atoms. The molecule has 0 amide bonds. The summed E-state index contributed by atoms with van der Waals surface area (Å²) >= 11 is 0. The van der Waals surface area contributed by atoms with Crippen LogP contribution in [-0.4, -0.2) is 37.9 Å². The molecule has 2 saturated heterocycles. The molecule has 2 atom stereocenters. The number of hydrogen-bond acceptors (Lipinski definition) is 4. The number of para-hydroxylation sites is 2.